The molecule has 0 radical (unpaired) electrons. The first kappa shape index (κ1) is 15.7. The highest BCUT2D eigenvalue weighted by Gasteiger charge is 2.25. The number of halogens is 1. The normalized spacial score (nSPS) is 18.9. The summed E-state index contributed by atoms with van der Waals surface area (Å²) in [5, 5.41) is 8.90. The number of carboxylic acids is 1. The number of hydrogen-bond acceptors (Lipinski definition) is 4. The van der Waals surface area contributed by atoms with Crippen LogP contribution in [0.1, 0.15) is 41.2 Å². The Morgan fingerprint density at radius 3 is 2.96 bits per heavy atom. The predicted octanol–water partition coefficient (Wildman–Crippen LogP) is 3.11. The van der Waals surface area contributed by atoms with E-state index in [-0.39, 0.29) is 17.6 Å². The summed E-state index contributed by atoms with van der Waals surface area (Å²) in [6.45, 7) is 1.33. The second-order valence-electron chi connectivity index (χ2n) is 5.85. The Morgan fingerprint density at radius 2 is 2.22 bits per heavy atom. The lowest BCUT2D eigenvalue weighted by molar-refractivity contribution is 0.0690. The smallest absolute Gasteiger partial charge is 0.357 e. The molecule has 1 aromatic heterocycles. The molecule has 0 spiro atoms. The van der Waals surface area contributed by atoms with Gasteiger partial charge < -0.3 is 9.52 Å². The zero-order valence-corrected chi connectivity index (χ0v) is 12.7. The second kappa shape index (κ2) is 6.91. The number of rotatable bonds is 5. The molecule has 1 saturated heterocycles. The van der Waals surface area contributed by atoms with E-state index in [4.69, 9.17) is 9.52 Å². The van der Waals surface area contributed by atoms with Crippen LogP contribution in [0.25, 0.3) is 0 Å². The van der Waals surface area contributed by atoms with Crippen LogP contribution in [-0.4, -0.2) is 33.5 Å². The maximum Gasteiger partial charge on any atom is 0.357 e. The average molecular weight is 318 g/mol. The number of benzene rings is 1. The fraction of sp³-hybridized carbons (Fsp3) is 0.412. The van der Waals surface area contributed by atoms with E-state index < -0.39 is 5.97 Å². The van der Waals surface area contributed by atoms with Gasteiger partial charge in [-0.15, -0.1) is 0 Å². The van der Waals surface area contributed by atoms with E-state index in [1.807, 2.05) is 12.1 Å². The number of carboxylic acid groups (broad SMARTS) is 1. The minimum Gasteiger partial charge on any atom is -0.476 e. The van der Waals surface area contributed by atoms with Gasteiger partial charge >= 0.3 is 5.97 Å². The number of nitrogens with zero attached hydrogens (tertiary/aromatic N) is 2. The topological polar surface area (TPSA) is 66.6 Å². The third kappa shape index (κ3) is 3.76. The lowest BCUT2D eigenvalue weighted by Crippen LogP contribution is -2.40. The van der Waals surface area contributed by atoms with Crippen molar-refractivity contribution < 1.29 is 18.7 Å². The van der Waals surface area contributed by atoms with Crippen molar-refractivity contribution in [3.8, 4) is 0 Å². The van der Waals surface area contributed by atoms with Crippen molar-refractivity contribution in [1.82, 2.24) is 9.88 Å². The van der Waals surface area contributed by atoms with Crippen molar-refractivity contribution in [3.05, 3.63) is 53.5 Å². The molecule has 0 bridgehead atoms. The zero-order valence-electron chi connectivity index (χ0n) is 12.7. The fourth-order valence-corrected chi connectivity index (χ4v) is 3.07. The van der Waals surface area contributed by atoms with Crippen molar-refractivity contribution in [1.29, 1.82) is 0 Å². The second-order valence-corrected chi connectivity index (χ2v) is 5.85. The summed E-state index contributed by atoms with van der Waals surface area (Å²) in [4.78, 5) is 17.1. The molecule has 23 heavy (non-hydrogen) atoms. The Balaban J connectivity index is 1.70. The van der Waals surface area contributed by atoms with E-state index in [1.54, 1.807) is 6.07 Å². The minimum absolute atomic E-state index is 0.0809. The van der Waals surface area contributed by atoms with Gasteiger partial charge in [-0.3, -0.25) is 4.90 Å². The fourth-order valence-electron chi connectivity index (χ4n) is 3.07. The number of piperidine rings is 1. The quantitative estimate of drug-likeness (QED) is 0.917. The summed E-state index contributed by atoms with van der Waals surface area (Å²) in [7, 11) is 0. The van der Waals surface area contributed by atoms with Gasteiger partial charge in [-0.25, -0.2) is 14.2 Å². The molecule has 1 unspecified atom stereocenters. The van der Waals surface area contributed by atoms with E-state index in [0.29, 0.717) is 24.4 Å². The van der Waals surface area contributed by atoms with E-state index in [2.05, 4.69) is 9.88 Å². The Morgan fingerprint density at radius 1 is 1.39 bits per heavy atom. The van der Waals surface area contributed by atoms with Crippen LogP contribution in [0.3, 0.4) is 0 Å². The first-order chi connectivity index (χ1) is 11.1. The van der Waals surface area contributed by atoms with E-state index >= 15 is 0 Å². The average Bonchev–Trinajstić information content (AvgIpc) is 3.00. The zero-order chi connectivity index (χ0) is 16.2. The third-order valence-corrected chi connectivity index (χ3v) is 4.27. The molecule has 2 heterocycles. The van der Waals surface area contributed by atoms with E-state index in [9.17, 15) is 9.18 Å². The highest BCUT2D eigenvalue weighted by molar-refractivity contribution is 5.84. The molecule has 1 aliphatic rings. The Kier molecular flexibility index (Phi) is 4.71. The number of oxazole rings is 1. The molecular weight excluding hydrogens is 299 g/mol. The third-order valence-electron chi connectivity index (χ3n) is 4.27. The molecular formula is C17H19FN2O3. The molecule has 6 heteroatoms. The highest BCUT2D eigenvalue weighted by atomic mass is 19.1. The maximum atomic E-state index is 13.9. The van der Waals surface area contributed by atoms with Crippen LogP contribution >= 0.6 is 0 Å². The molecule has 122 valence electrons. The standard InChI is InChI=1S/C17H19FN2O3/c18-14-7-2-1-5-12(14)9-13-6-3-4-8-20(13)10-16-19-15(11-23-16)17(21)22/h1-2,5,7,11,13H,3-4,6,8-10H2,(H,21,22). The molecule has 5 nitrogen and oxygen atoms in total. The summed E-state index contributed by atoms with van der Waals surface area (Å²) in [5.41, 5.74) is 0.630. The monoisotopic (exact) mass is 318 g/mol. The first-order valence-corrected chi connectivity index (χ1v) is 7.78. The van der Waals surface area contributed by atoms with Gasteiger partial charge in [-0.05, 0) is 37.4 Å². The lowest BCUT2D eigenvalue weighted by atomic mass is 9.95. The van der Waals surface area contributed by atoms with Gasteiger partial charge in [0, 0.05) is 6.04 Å². The molecule has 2 aromatic rings. The summed E-state index contributed by atoms with van der Waals surface area (Å²) < 4.78 is 19.1. The van der Waals surface area contributed by atoms with Gasteiger partial charge in [0.25, 0.3) is 0 Å². The van der Waals surface area contributed by atoms with Crippen molar-refractivity contribution in [3.63, 3.8) is 0 Å². The number of hydrogen-bond donors (Lipinski definition) is 1. The predicted molar refractivity (Wildman–Crippen MR) is 81.6 cm³/mol. The van der Waals surface area contributed by atoms with Gasteiger partial charge in [0.15, 0.2) is 5.69 Å². The van der Waals surface area contributed by atoms with Gasteiger partial charge in [0.2, 0.25) is 5.89 Å². The van der Waals surface area contributed by atoms with Crippen molar-refractivity contribution in [2.75, 3.05) is 6.54 Å². The van der Waals surface area contributed by atoms with Crippen LogP contribution in [0.4, 0.5) is 4.39 Å². The molecule has 3 rings (SSSR count). The Labute approximate surface area is 133 Å². The molecule has 1 N–H and O–H groups in total. The Bertz CT molecular complexity index is 686. The first-order valence-electron chi connectivity index (χ1n) is 7.78. The largest absolute Gasteiger partial charge is 0.476 e. The van der Waals surface area contributed by atoms with Gasteiger partial charge in [0.1, 0.15) is 12.1 Å². The summed E-state index contributed by atoms with van der Waals surface area (Å²) in [5.74, 6) is -0.883. The van der Waals surface area contributed by atoms with Crippen LogP contribution in [-0.2, 0) is 13.0 Å². The minimum atomic E-state index is -1.10. The molecule has 1 fully saturated rings. The van der Waals surface area contributed by atoms with Gasteiger partial charge in [-0.1, -0.05) is 24.6 Å². The van der Waals surface area contributed by atoms with Gasteiger partial charge in [0.05, 0.1) is 6.54 Å². The van der Waals surface area contributed by atoms with Crippen LogP contribution in [0, 0.1) is 5.82 Å². The lowest BCUT2D eigenvalue weighted by Gasteiger charge is -2.35. The van der Waals surface area contributed by atoms with Crippen molar-refractivity contribution in [2.24, 2.45) is 0 Å². The molecule has 1 aromatic carbocycles. The molecule has 1 atom stereocenters. The summed E-state index contributed by atoms with van der Waals surface area (Å²) in [6, 6.07) is 7.04. The van der Waals surface area contributed by atoms with Gasteiger partial charge in [-0.2, -0.15) is 0 Å². The molecule has 0 aliphatic carbocycles. The maximum absolute atomic E-state index is 13.9. The van der Waals surface area contributed by atoms with E-state index in [0.717, 1.165) is 32.1 Å². The summed E-state index contributed by atoms with van der Waals surface area (Å²) >= 11 is 0. The molecule has 0 amide bonds. The van der Waals surface area contributed by atoms with Crippen LogP contribution < -0.4 is 0 Å². The highest BCUT2D eigenvalue weighted by Crippen LogP contribution is 2.23. The SMILES string of the molecule is O=C(O)c1coc(CN2CCCCC2Cc2ccccc2F)n1. The molecule has 0 saturated carbocycles. The van der Waals surface area contributed by atoms with Crippen molar-refractivity contribution in [2.45, 2.75) is 38.3 Å². The number of carbonyl (C=O) groups is 1. The Hall–Kier alpha value is -2.21. The summed E-state index contributed by atoms with van der Waals surface area (Å²) in [6.07, 6.45) is 4.97. The van der Waals surface area contributed by atoms with Crippen LogP contribution in [0.2, 0.25) is 0 Å². The number of aromatic carboxylic acids is 1. The molecule has 1 aliphatic heterocycles. The van der Waals surface area contributed by atoms with E-state index in [1.165, 1.54) is 6.07 Å². The van der Waals surface area contributed by atoms with Crippen LogP contribution in [0.5, 0.6) is 0 Å². The van der Waals surface area contributed by atoms with Crippen molar-refractivity contribution >= 4 is 5.97 Å². The van der Waals surface area contributed by atoms with Crippen LogP contribution in [0.15, 0.2) is 34.9 Å². The number of likely N-dealkylation sites (tertiary alicyclic amines) is 1. The number of aromatic nitrogens is 1.